The Morgan fingerprint density at radius 1 is 0.952 bits per heavy atom. The SMILES string of the molecule is CC(=O)N1C(=O)CN1C(c1ccccc1)c1ccccc1. The van der Waals surface area contributed by atoms with Gasteiger partial charge in [-0.25, -0.2) is 5.01 Å². The topological polar surface area (TPSA) is 40.6 Å². The van der Waals surface area contributed by atoms with Gasteiger partial charge in [-0.3, -0.25) is 9.59 Å². The van der Waals surface area contributed by atoms with Crippen LogP contribution in [0.2, 0.25) is 0 Å². The van der Waals surface area contributed by atoms with Gasteiger partial charge in [0.2, 0.25) is 5.91 Å². The van der Waals surface area contributed by atoms with E-state index in [-0.39, 0.29) is 24.4 Å². The van der Waals surface area contributed by atoms with Gasteiger partial charge in [-0.1, -0.05) is 60.7 Å². The summed E-state index contributed by atoms with van der Waals surface area (Å²) in [5, 5.41) is 3.04. The second kappa shape index (κ2) is 5.50. The first kappa shape index (κ1) is 13.5. The summed E-state index contributed by atoms with van der Waals surface area (Å²) in [6.45, 7) is 1.67. The first-order valence-corrected chi connectivity index (χ1v) is 6.88. The molecular weight excluding hydrogens is 264 g/mol. The number of amides is 2. The van der Waals surface area contributed by atoms with Crippen LogP contribution >= 0.6 is 0 Å². The lowest BCUT2D eigenvalue weighted by molar-refractivity contribution is -0.189. The summed E-state index contributed by atoms with van der Waals surface area (Å²) < 4.78 is 0. The molecule has 1 aliphatic heterocycles. The first-order valence-electron chi connectivity index (χ1n) is 6.88. The van der Waals surface area contributed by atoms with Crippen molar-refractivity contribution >= 4 is 11.8 Å². The molecule has 2 aromatic rings. The van der Waals surface area contributed by atoms with Crippen LogP contribution in [-0.4, -0.2) is 28.4 Å². The normalized spacial score (nSPS) is 15.1. The zero-order chi connectivity index (χ0) is 14.8. The highest BCUT2D eigenvalue weighted by molar-refractivity contribution is 5.98. The molecule has 1 aliphatic rings. The van der Waals surface area contributed by atoms with Crippen LogP contribution in [0.15, 0.2) is 60.7 Å². The summed E-state index contributed by atoms with van der Waals surface area (Å²) in [5.74, 6) is -0.400. The predicted molar refractivity (Wildman–Crippen MR) is 79.0 cm³/mol. The van der Waals surface area contributed by atoms with Gasteiger partial charge in [0, 0.05) is 6.92 Å². The smallest absolute Gasteiger partial charge is 0.260 e. The van der Waals surface area contributed by atoms with E-state index in [0.717, 1.165) is 11.1 Å². The van der Waals surface area contributed by atoms with E-state index in [1.54, 1.807) is 0 Å². The van der Waals surface area contributed by atoms with Gasteiger partial charge in [-0.15, -0.1) is 0 Å². The van der Waals surface area contributed by atoms with Gasteiger partial charge in [0.1, 0.15) is 6.54 Å². The molecule has 3 rings (SSSR count). The number of benzene rings is 2. The third-order valence-corrected chi connectivity index (χ3v) is 3.62. The number of nitrogens with zero attached hydrogens (tertiary/aromatic N) is 2. The molecule has 0 spiro atoms. The van der Waals surface area contributed by atoms with Gasteiger partial charge in [0.05, 0.1) is 6.04 Å². The van der Waals surface area contributed by atoms with Gasteiger partial charge in [0.25, 0.3) is 5.91 Å². The summed E-state index contributed by atoms with van der Waals surface area (Å²) in [4.78, 5) is 23.4. The number of imide groups is 1. The lowest BCUT2D eigenvalue weighted by atomic mass is 9.97. The van der Waals surface area contributed by atoms with E-state index in [4.69, 9.17) is 0 Å². The summed E-state index contributed by atoms with van der Waals surface area (Å²) in [6.07, 6.45) is 0. The lowest BCUT2D eigenvalue weighted by Crippen LogP contribution is -2.64. The fourth-order valence-corrected chi connectivity index (χ4v) is 2.71. The number of hydrogen-bond donors (Lipinski definition) is 0. The maximum absolute atomic E-state index is 11.7. The number of carbonyl (C=O) groups is 2. The summed E-state index contributed by atoms with van der Waals surface area (Å²) in [7, 11) is 0. The minimum Gasteiger partial charge on any atom is -0.273 e. The maximum atomic E-state index is 11.7. The molecule has 0 radical (unpaired) electrons. The molecule has 0 saturated carbocycles. The van der Waals surface area contributed by atoms with E-state index >= 15 is 0 Å². The molecule has 4 heteroatoms. The largest absolute Gasteiger partial charge is 0.273 e. The molecule has 2 amide bonds. The van der Waals surface area contributed by atoms with E-state index in [2.05, 4.69) is 0 Å². The van der Waals surface area contributed by atoms with E-state index in [1.807, 2.05) is 65.7 Å². The Kier molecular flexibility index (Phi) is 3.54. The molecule has 106 valence electrons. The van der Waals surface area contributed by atoms with Crippen molar-refractivity contribution in [2.75, 3.05) is 6.54 Å². The van der Waals surface area contributed by atoms with Crippen LogP contribution in [0.4, 0.5) is 0 Å². The number of rotatable bonds is 3. The Balaban J connectivity index is 2.02. The highest BCUT2D eigenvalue weighted by Crippen LogP contribution is 2.33. The molecule has 1 saturated heterocycles. The average Bonchev–Trinajstić information content (AvgIpc) is 2.48. The van der Waals surface area contributed by atoms with Crippen molar-refractivity contribution in [3.05, 3.63) is 71.8 Å². The molecule has 0 bridgehead atoms. The number of hydrazine groups is 1. The highest BCUT2D eigenvalue weighted by Gasteiger charge is 2.42. The average molecular weight is 280 g/mol. The molecule has 2 aromatic carbocycles. The molecule has 0 aromatic heterocycles. The second-order valence-corrected chi connectivity index (χ2v) is 5.05. The van der Waals surface area contributed by atoms with Gasteiger partial charge < -0.3 is 0 Å². The van der Waals surface area contributed by atoms with Gasteiger partial charge in [-0.05, 0) is 11.1 Å². The summed E-state index contributed by atoms with van der Waals surface area (Å²) in [5.41, 5.74) is 2.12. The zero-order valence-electron chi connectivity index (χ0n) is 11.8. The molecule has 1 fully saturated rings. The van der Waals surface area contributed by atoms with Crippen molar-refractivity contribution in [3.8, 4) is 0 Å². The maximum Gasteiger partial charge on any atom is 0.260 e. The lowest BCUT2D eigenvalue weighted by Gasteiger charge is -2.45. The van der Waals surface area contributed by atoms with Crippen LogP contribution in [0, 0.1) is 0 Å². The van der Waals surface area contributed by atoms with Crippen molar-refractivity contribution in [2.24, 2.45) is 0 Å². The Morgan fingerprint density at radius 3 is 1.81 bits per heavy atom. The van der Waals surface area contributed by atoms with Crippen molar-refractivity contribution in [1.82, 2.24) is 10.0 Å². The van der Waals surface area contributed by atoms with E-state index in [0.29, 0.717) is 0 Å². The minimum atomic E-state index is -0.247. The Labute approximate surface area is 123 Å². The van der Waals surface area contributed by atoms with E-state index in [1.165, 1.54) is 11.9 Å². The monoisotopic (exact) mass is 280 g/mol. The fourth-order valence-electron chi connectivity index (χ4n) is 2.71. The number of hydrogen-bond acceptors (Lipinski definition) is 3. The third-order valence-electron chi connectivity index (χ3n) is 3.62. The Bertz CT molecular complexity index is 608. The molecular formula is C17H16N2O2. The Hall–Kier alpha value is -2.46. The van der Waals surface area contributed by atoms with Crippen LogP contribution in [0.25, 0.3) is 0 Å². The van der Waals surface area contributed by atoms with Gasteiger partial charge in [-0.2, -0.15) is 5.01 Å². The van der Waals surface area contributed by atoms with Crippen LogP contribution in [0.3, 0.4) is 0 Å². The number of carbonyl (C=O) groups excluding carboxylic acids is 2. The van der Waals surface area contributed by atoms with E-state index in [9.17, 15) is 9.59 Å². The van der Waals surface area contributed by atoms with Crippen LogP contribution in [-0.2, 0) is 9.59 Å². The van der Waals surface area contributed by atoms with Crippen molar-refractivity contribution < 1.29 is 9.59 Å². The zero-order valence-corrected chi connectivity index (χ0v) is 11.8. The van der Waals surface area contributed by atoms with Gasteiger partial charge >= 0.3 is 0 Å². The van der Waals surface area contributed by atoms with Gasteiger partial charge in [0.15, 0.2) is 0 Å². The van der Waals surface area contributed by atoms with E-state index < -0.39 is 0 Å². The fraction of sp³-hybridized carbons (Fsp3) is 0.176. The molecule has 0 aliphatic carbocycles. The quantitative estimate of drug-likeness (QED) is 0.866. The summed E-state index contributed by atoms with van der Waals surface area (Å²) in [6, 6.07) is 19.7. The van der Waals surface area contributed by atoms with Crippen molar-refractivity contribution in [1.29, 1.82) is 0 Å². The Morgan fingerprint density at radius 2 is 1.43 bits per heavy atom. The molecule has 21 heavy (non-hydrogen) atoms. The standard InChI is InChI=1S/C17H16N2O2/c1-13(20)19-16(21)12-18(19)17(14-8-4-2-5-9-14)15-10-6-3-7-11-15/h2-11,17H,12H2,1H3. The molecule has 0 unspecified atom stereocenters. The third kappa shape index (κ3) is 2.45. The highest BCUT2D eigenvalue weighted by atomic mass is 16.2. The minimum absolute atomic E-state index is 0.131. The molecule has 0 atom stereocenters. The van der Waals surface area contributed by atoms with Crippen LogP contribution in [0.1, 0.15) is 24.1 Å². The predicted octanol–water partition coefficient (Wildman–Crippen LogP) is 2.38. The van der Waals surface area contributed by atoms with Crippen LogP contribution < -0.4 is 0 Å². The first-order chi connectivity index (χ1) is 10.2. The summed E-state index contributed by atoms with van der Waals surface area (Å²) >= 11 is 0. The van der Waals surface area contributed by atoms with Crippen molar-refractivity contribution in [2.45, 2.75) is 13.0 Å². The van der Waals surface area contributed by atoms with Crippen molar-refractivity contribution in [3.63, 3.8) is 0 Å². The molecule has 1 heterocycles. The second-order valence-electron chi connectivity index (χ2n) is 5.05. The van der Waals surface area contributed by atoms with Crippen LogP contribution in [0.5, 0.6) is 0 Å². The molecule has 4 nitrogen and oxygen atoms in total. The molecule has 0 N–H and O–H groups in total.